The highest BCUT2D eigenvalue weighted by Crippen LogP contribution is 2.22. The number of hydrazone groups is 1. The van der Waals surface area contributed by atoms with E-state index in [0.717, 1.165) is 12.8 Å². The van der Waals surface area contributed by atoms with E-state index in [1.54, 1.807) is 42.5 Å². The number of phenols is 1. The number of hydrogen-bond donors (Lipinski definition) is 2. The third-order valence-electron chi connectivity index (χ3n) is 4.41. The van der Waals surface area contributed by atoms with Crippen LogP contribution in [0.2, 0.25) is 0 Å². The van der Waals surface area contributed by atoms with Crippen LogP contribution in [0.3, 0.4) is 0 Å². The number of nitrogens with zero attached hydrogens (tertiary/aromatic N) is 2. The molecule has 0 atom stereocenters. The monoisotopic (exact) mass is 393 g/mol. The summed E-state index contributed by atoms with van der Waals surface area (Å²) in [4.78, 5) is 12.0. The third-order valence-corrected chi connectivity index (χ3v) is 4.41. The average molecular weight is 393 g/mol. The molecule has 0 heterocycles. The summed E-state index contributed by atoms with van der Waals surface area (Å²) in [7, 11) is 0. The number of amides is 1. The van der Waals surface area contributed by atoms with E-state index in [-0.39, 0.29) is 5.75 Å². The van der Waals surface area contributed by atoms with Crippen LogP contribution < -0.4 is 10.2 Å². The minimum Gasteiger partial charge on any atom is -0.507 e. The zero-order valence-corrected chi connectivity index (χ0v) is 16.7. The summed E-state index contributed by atoms with van der Waals surface area (Å²) >= 11 is 0. The lowest BCUT2D eigenvalue weighted by molar-refractivity contribution is 0.0955. The molecule has 6 heteroatoms. The number of benzene rings is 2. The molecular weight excluding hydrogens is 366 g/mol. The third kappa shape index (κ3) is 7.67. The van der Waals surface area contributed by atoms with E-state index in [2.05, 4.69) is 17.5 Å². The van der Waals surface area contributed by atoms with Crippen LogP contribution in [0.4, 0.5) is 0 Å². The lowest BCUT2D eigenvalue weighted by Gasteiger charge is -2.08. The minimum absolute atomic E-state index is 0.0295. The molecule has 152 valence electrons. The van der Waals surface area contributed by atoms with Crippen molar-refractivity contribution in [3.8, 4) is 17.6 Å². The van der Waals surface area contributed by atoms with Gasteiger partial charge >= 0.3 is 0 Å². The molecule has 0 aromatic heterocycles. The van der Waals surface area contributed by atoms with Gasteiger partial charge < -0.3 is 9.84 Å². The normalized spacial score (nSPS) is 10.6. The van der Waals surface area contributed by atoms with Gasteiger partial charge in [-0.25, -0.2) is 5.43 Å². The first-order valence-corrected chi connectivity index (χ1v) is 9.93. The Balaban J connectivity index is 1.79. The number of ether oxygens (including phenoxy) is 1. The first-order chi connectivity index (χ1) is 14.1. The van der Waals surface area contributed by atoms with E-state index in [9.17, 15) is 9.90 Å². The SMILES string of the molecule is CCCCCCCCOc1ccc(/C=N/NC(=O)c2ccc(C#N)cc2)c(O)c1. The van der Waals surface area contributed by atoms with Crippen LogP contribution in [0.5, 0.6) is 11.5 Å². The van der Waals surface area contributed by atoms with E-state index in [1.807, 2.05) is 6.07 Å². The van der Waals surface area contributed by atoms with Crippen LogP contribution in [-0.4, -0.2) is 23.8 Å². The molecule has 2 aromatic rings. The van der Waals surface area contributed by atoms with Gasteiger partial charge in [-0.1, -0.05) is 39.0 Å². The zero-order valence-electron chi connectivity index (χ0n) is 16.7. The van der Waals surface area contributed by atoms with Gasteiger partial charge in [0, 0.05) is 17.2 Å². The molecule has 0 unspecified atom stereocenters. The fourth-order valence-electron chi connectivity index (χ4n) is 2.72. The molecule has 2 aromatic carbocycles. The molecule has 2 rings (SSSR count). The highest BCUT2D eigenvalue weighted by atomic mass is 16.5. The maximum atomic E-state index is 12.0. The minimum atomic E-state index is -0.399. The molecule has 0 saturated heterocycles. The second-order valence-corrected chi connectivity index (χ2v) is 6.73. The predicted molar refractivity (Wildman–Crippen MR) is 113 cm³/mol. The molecule has 0 aliphatic rings. The molecule has 2 N–H and O–H groups in total. The fourth-order valence-corrected chi connectivity index (χ4v) is 2.72. The Morgan fingerprint density at radius 2 is 1.86 bits per heavy atom. The standard InChI is InChI=1S/C23H27N3O3/c1-2-3-4-5-6-7-14-29-21-13-12-20(22(27)15-21)17-25-26-23(28)19-10-8-18(16-24)9-11-19/h8-13,15,17,27H,2-7,14H2,1H3,(H,26,28)/b25-17+. The number of unbranched alkanes of at least 4 members (excludes halogenated alkanes) is 5. The molecule has 0 saturated carbocycles. The quantitative estimate of drug-likeness (QED) is 0.327. The molecule has 0 fully saturated rings. The van der Waals surface area contributed by atoms with Gasteiger partial charge in [-0.3, -0.25) is 4.79 Å². The average Bonchev–Trinajstić information content (AvgIpc) is 2.74. The van der Waals surface area contributed by atoms with Gasteiger partial charge in [0.15, 0.2) is 0 Å². The molecule has 0 radical (unpaired) electrons. The van der Waals surface area contributed by atoms with Crippen LogP contribution in [0.25, 0.3) is 0 Å². The van der Waals surface area contributed by atoms with Gasteiger partial charge in [-0.05, 0) is 42.8 Å². The van der Waals surface area contributed by atoms with Gasteiger partial charge in [0.25, 0.3) is 5.91 Å². The van der Waals surface area contributed by atoms with Crippen molar-refractivity contribution in [1.29, 1.82) is 5.26 Å². The molecule has 29 heavy (non-hydrogen) atoms. The van der Waals surface area contributed by atoms with Gasteiger partial charge in [-0.15, -0.1) is 0 Å². The smallest absolute Gasteiger partial charge is 0.271 e. The number of aromatic hydroxyl groups is 1. The molecule has 0 spiro atoms. The highest BCUT2D eigenvalue weighted by molar-refractivity contribution is 5.95. The summed E-state index contributed by atoms with van der Waals surface area (Å²) in [6.07, 6.45) is 8.54. The molecular formula is C23H27N3O3. The number of carbonyl (C=O) groups excluding carboxylic acids is 1. The van der Waals surface area contributed by atoms with Gasteiger partial charge in [-0.2, -0.15) is 10.4 Å². The highest BCUT2D eigenvalue weighted by Gasteiger charge is 2.05. The van der Waals surface area contributed by atoms with Crippen LogP contribution in [0.15, 0.2) is 47.6 Å². The number of rotatable bonds is 11. The van der Waals surface area contributed by atoms with Crippen LogP contribution in [0.1, 0.15) is 66.9 Å². The maximum absolute atomic E-state index is 12.0. The number of carbonyl (C=O) groups is 1. The Morgan fingerprint density at radius 1 is 1.14 bits per heavy atom. The lowest BCUT2D eigenvalue weighted by atomic mass is 10.1. The summed E-state index contributed by atoms with van der Waals surface area (Å²) in [5, 5.41) is 22.8. The first-order valence-electron chi connectivity index (χ1n) is 9.93. The number of nitriles is 1. The summed E-state index contributed by atoms with van der Waals surface area (Å²) < 4.78 is 5.67. The van der Waals surface area contributed by atoms with Gasteiger partial charge in [0.05, 0.1) is 24.5 Å². The Hall–Kier alpha value is -3.33. The number of hydrogen-bond acceptors (Lipinski definition) is 5. The summed E-state index contributed by atoms with van der Waals surface area (Å²) in [6, 6.07) is 13.2. The van der Waals surface area contributed by atoms with Crippen molar-refractivity contribution < 1.29 is 14.6 Å². The van der Waals surface area contributed by atoms with E-state index >= 15 is 0 Å². The van der Waals surface area contributed by atoms with Crippen molar-refractivity contribution in [1.82, 2.24) is 5.43 Å². The van der Waals surface area contributed by atoms with E-state index < -0.39 is 5.91 Å². The Bertz CT molecular complexity index is 855. The molecule has 0 bridgehead atoms. The first kappa shape index (κ1) is 22.0. The van der Waals surface area contributed by atoms with Crippen molar-refractivity contribution in [2.24, 2.45) is 5.10 Å². The predicted octanol–water partition coefficient (Wildman–Crippen LogP) is 4.77. The summed E-state index contributed by atoms with van der Waals surface area (Å²) in [5.41, 5.74) is 3.74. The Labute approximate surface area is 171 Å². The fraction of sp³-hybridized carbons (Fsp3) is 0.348. The van der Waals surface area contributed by atoms with Crippen LogP contribution in [-0.2, 0) is 0 Å². The van der Waals surface area contributed by atoms with Crippen molar-refractivity contribution >= 4 is 12.1 Å². The second-order valence-electron chi connectivity index (χ2n) is 6.73. The van der Waals surface area contributed by atoms with Crippen LogP contribution in [0, 0.1) is 11.3 Å². The lowest BCUT2D eigenvalue weighted by Crippen LogP contribution is -2.17. The van der Waals surface area contributed by atoms with E-state index in [1.165, 1.54) is 31.9 Å². The topological polar surface area (TPSA) is 94.7 Å². The molecule has 0 aliphatic carbocycles. The van der Waals surface area contributed by atoms with Crippen molar-refractivity contribution in [2.45, 2.75) is 45.4 Å². The largest absolute Gasteiger partial charge is 0.507 e. The molecule has 1 amide bonds. The molecule has 0 aliphatic heterocycles. The van der Waals surface area contributed by atoms with Gasteiger partial charge in [0.2, 0.25) is 0 Å². The summed E-state index contributed by atoms with van der Waals surface area (Å²) in [5.74, 6) is 0.237. The number of nitrogens with one attached hydrogen (secondary N) is 1. The van der Waals surface area contributed by atoms with Crippen molar-refractivity contribution in [3.05, 3.63) is 59.2 Å². The van der Waals surface area contributed by atoms with E-state index in [4.69, 9.17) is 10.00 Å². The van der Waals surface area contributed by atoms with Crippen LogP contribution >= 0.6 is 0 Å². The molecule has 6 nitrogen and oxygen atoms in total. The summed E-state index contributed by atoms with van der Waals surface area (Å²) in [6.45, 7) is 2.83. The van der Waals surface area contributed by atoms with Crippen molar-refractivity contribution in [3.63, 3.8) is 0 Å². The Morgan fingerprint density at radius 3 is 2.55 bits per heavy atom. The van der Waals surface area contributed by atoms with E-state index in [0.29, 0.717) is 29.0 Å². The van der Waals surface area contributed by atoms with Gasteiger partial charge in [0.1, 0.15) is 11.5 Å². The number of phenolic OH excluding ortho intramolecular Hbond substituents is 1. The van der Waals surface area contributed by atoms with Crippen molar-refractivity contribution in [2.75, 3.05) is 6.61 Å². The Kier molecular flexibility index (Phi) is 9.23. The zero-order chi connectivity index (χ0) is 20.9. The maximum Gasteiger partial charge on any atom is 0.271 e. The second kappa shape index (κ2) is 12.2.